The molecule has 0 N–H and O–H groups in total. The van der Waals surface area contributed by atoms with Gasteiger partial charge in [0.25, 0.3) is 0 Å². The fourth-order valence-electron chi connectivity index (χ4n) is 2.60. The first-order chi connectivity index (χ1) is 10.9. The predicted molar refractivity (Wildman–Crippen MR) is 85.5 cm³/mol. The minimum absolute atomic E-state index is 0.202. The van der Waals surface area contributed by atoms with Gasteiger partial charge in [-0.2, -0.15) is 13.2 Å². The molecule has 3 rings (SSSR count). The van der Waals surface area contributed by atoms with E-state index in [4.69, 9.17) is 4.84 Å². The first kappa shape index (κ1) is 16.1. The molecule has 0 aromatic heterocycles. The lowest BCUT2D eigenvalue weighted by atomic mass is 9.95. The summed E-state index contributed by atoms with van der Waals surface area (Å²) in [5, 5.41) is 3.87. The zero-order valence-electron chi connectivity index (χ0n) is 12.0. The number of halogens is 4. The topological polar surface area (TPSA) is 21.6 Å². The van der Waals surface area contributed by atoms with Gasteiger partial charge in [-0.15, -0.1) is 0 Å². The summed E-state index contributed by atoms with van der Waals surface area (Å²) < 4.78 is 39.2. The third-order valence-corrected chi connectivity index (χ3v) is 4.15. The standard InChI is InChI=1S/C17H13BrF3NO/c18-16-10-15(23-22-16)14-7-2-1-5-12(14)8-11-4-3-6-13(9-11)17(19,20)21/h1-7,9,15H,8,10H2. The molecule has 0 saturated carbocycles. The zero-order valence-corrected chi connectivity index (χ0v) is 13.6. The second-order valence-corrected chi connectivity index (χ2v) is 6.25. The molecule has 2 nitrogen and oxygen atoms in total. The number of benzene rings is 2. The Hall–Kier alpha value is -1.82. The third-order valence-electron chi connectivity index (χ3n) is 3.68. The van der Waals surface area contributed by atoms with Crippen LogP contribution in [-0.2, 0) is 17.4 Å². The van der Waals surface area contributed by atoms with Gasteiger partial charge in [-0.25, -0.2) is 0 Å². The van der Waals surface area contributed by atoms with Crippen LogP contribution >= 0.6 is 15.9 Å². The van der Waals surface area contributed by atoms with E-state index in [0.29, 0.717) is 18.4 Å². The Morgan fingerprint density at radius 3 is 2.61 bits per heavy atom. The van der Waals surface area contributed by atoms with Gasteiger partial charge >= 0.3 is 6.18 Å². The Bertz CT molecular complexity index is 743. The quantitative estimate of drug-likeness (QED) is 0.688. The van der Waals surface area contributed by atoms with E-state index in [1.165, 1.54) is 12.1 Å². The van der Waals surface area contributed by atoms with Crippen molar-refractivity contribution in [2.45, 2.75) is 25.1 Å². The van der Waals surface area contributed by atoms with Gasteiger partial charge in [0.05, 0.1) is 5.56 Å². The number of rotatable bonds is 3. The van der Waals surface area contributed by atoms with Gasteiger partial charge in [-0.3, -0.25) is 0 Å². The number of alkyl halides is 3. The van der Waals surface area contributed by atoms with Crippen LogP contribution in [0.25, 0.3) is 0 Å². The molecule has 1 heterocycles. The highest BCUT2D eigenvalue weighted by molar-refractivity contribution is 9.18. The van der Waals surface area contributed by atoms with Gasteiger partial charge in [-0.05, 0) is 45.1 Å². The molecule has 0 aliphatic carbocycles. The maximum absolute atomic E-state index is 12.8. The van der Waals surface area contributed by atoms with E-state index in [1.807, 2.05) is 24.3 Å². The summed E-state index contributed by atoms with van der Waals surface area (Å²) in [5.41, 5.74) is 1.87. The molecule has 0 saturated heterocycles. The van der Waals surface area contributed by atoms with Crippen LogP contribution in [0.2, 0.25) is 0 Å². The van der Waals surface area contributed by atoms with Crippen LogP contribution in [0.5, 0.6) is 0 Å². The Balaban J connectivity index is 1.87. The Morgan fingerprint density at radius 2 is 1.91 bits per heavy atom. The highest BCUT2D eigenvalue weighted by atomic mass is 79.9. The van der Waals surface area contributed by atoms with E-state index in [-0.39, 0.29) is 6.10 Å². The van der Waals surface area contributed by atoms with Crippen molar-refractivity contribution >= 4 is 20.6 Å². The van der Waals surface area contributed by atoms with Crippen molar-refractivity contribution in [2.75, 3.05) is 0 Å². The highest BCUT2D eigenvalue weighted by Crippen LogP contribution is 2.33. The Labute approximate surface area is 140 Å². The second kappa shape index (κ2) is 6.35. The minimum Gasteiger partial charge on any atom is -0.386 e. The average Bonchev–Trinajstić information content (AvgIpc) is 2.94. The molecule has 23 heavy (non-hydrogen) atoms. The molecule has 2 aromatic rings. The van der Waals surface area contributed by atoms with Crippen molar-refractivity contribution in [2.24, 2.45) is 5.16 Å². The SMILES string of the molecule is FC(F)(F)c1cccc(Cc2ccccc2C2CC(Br)=NO2)c1. The number of hydrogen-bond donors (Lipinski definition) is 0. The molecule has 1 aliphatic rings. The number of nitrogens with zero attached hydrogens (tertiary/aromatic N) is 1. The molecular formula is C17H13BrF3NO. The van der Waals surface area contributed by atoms with Gasteiger partial charge in [0.2, 0.25) is 0 Å². The zero-order chi connectivity index (χ0) is 16.4. The number of hydrogen-bond acceptors (Lipinski definition) is 2. The summed E-state index contributed by atoms with van der Waals surface area (Å²) >= 11 is 3.30. The van der Waals surface area contributed by atoms with E-state index >= 15 is 0 Å². The molecule has 1 unspecified atom stereocenters. The van der Waals surface area contributed by atoms with Crippen molar-refractivity contribution in [3.63, 3.8) is 0 Å². The highest BCUT2D eigenvalue weighted by Gasteiger charge is 2.30. The van der Waals surface area contributed by atoms with Crippen LogP contribution in [0.15, 0.2) is 53.7 Å². The molecule has 6 heteroatoms. The fourth-order valence-corrected chi connectivity index (χ4v) is 2.98. The van der Waals surface area contributed by atoms with Gasteiger partial charge in [0, 0.05) is 6.42 Å². The van der Waals surface area contributed by atoms with E-state index in [9.17, 15) is 13.2 Å². The molecular weight excluding hydrogens is 371 g/mol. The molecule has 0 bridgehead atoms. The van der Waals surface area contributed by atoms with E-state index in [2.05, 4.69) is 21.1 Å². The van der Waals surface area contributed by atoms with Crippen molar-refractivity contribution in [3.8, 4) is 0 Å². The maximum atomic E-state index is 12.8. The molecule has 1 aliphatic heterocycles. The largest absolute Gasteiger partial charge is 0.416 e. The van der Waals surface area contributed by atoms with Crippen molar-refractivity contribution in [1.29, 1.82) is 0 Å². The van der Waals surface area contributed by atoms with Crippen LogP contribution in [0.1, 0.15) is 34.8 Å². The first-order valence-corrected chi connectivity index (χ1v) is 7.85. The lowest BCUT2D eigenvalue weighted by Crippen LogP contribution is -2.06. The molecule has 0 fully saturated rings. The van der Waals surface area contributed by atoms with Crippen LogP contribution in [0, 0.1) is 0 Å². The second-order valence-electron chi connectivity index (χ2n) is 5.34. The summed E-state index contributed by atoms with van der Waals surface area (Å²) in [5.74, 6) is 0. The van der Waals surface area contributed by atoms with Gasteiger partial charge in [0.1, 0.15) is 4.62 Å². The fraction of sp³-hybridized carbons (Fsp3) is 0.235. The lowest BCUT2D eigenvalue weighted by Gasteiger charge is -2.15. The third kappa shape index (κ3) is 3.75. The molecule has 0 amide bonds. The summed E-state index contributed by atoms with van der Waals surface area (Å²) in [6, 6.07) is 13.0. The summed E-state index contributed by atoms with van der Waals surface area (Å²) in [6.45, 7) is 0. The first-order valence-electron chi connectivity index (χ1n) is 7.05. The normalized spacial score (nSPS) is 17.7. The summed E-state index contributed by atoms with van der Waals surface area (Å²) in [4.78, 5) is 5.37. The molecule has 1 atom stereocenters. The molecule has 120 valence electrons. The molecule has 0 radical (unpaired) electrons. The summed E-state index contributed by atoms with van der Waals surface area (Å²) in [7, 11) is 0. The predicted octanol–water partition coefficient (Wildman–Crippen LogP) is 5.47. The van der Waals surface area contributed by atoms with Gasteiger partial charge in [0.15, 0.2) is 6.10 Å². The molecule has 0 spiro atoms. The Morgan fingerprint density at radius 1 is 1.13 bits per heavy atom. The average molecular weight is 384 g/mol. The van der Waals surface area contributed by atoms with Gasteiger partial charge in [-0.1, -0.05) is 47.6 Å². The van der Waals surface area contributed by atoms with Crippen LogP contribution in [-0.4, -0.2) is 4.62 Å². The smallest absolute Gasteiger partial charge is 0.386 e. The Kier molecular flexibility index (Phi) is 4.43. The van der Waals surface area contributed by atoms with E-state index in [0.717, 1.165) is 21.8 Å². The number of oxime groups is 1. The van der Waals surface area contributed by atoms with Crippen molar-refractivity contribution < 1.29 is 18.0 Å². The van der Waals surface area contributed by atoms with E-state index in [1.54, 1.807) is 6.07 Å². The molecule has 2 aromatic carbocycles. The van der Waals surface area contributed by atoms with Crippen LogP contribution in [0.3, 0.4) is 0 Å². The van der Waals surface area contributed by atoms with Crippen molar-refractivity contribution in [3.05, 3.63) is 70.8 Å². The van der Waals surface area contributed by atoms with Crippen LogP contribution in [0.4, 0.5) is 13.2 Å². The summed E-state index contributed by atoms with van der Waals surface area (Å²) in [6.07, 6.45) is -3.49. The van der Waals surface area contributed by atoms with E-state index < -0.39 is 11.7 Å². The minimum atomic E-state index is -4.33. The maximum Gasteiger partial charge on any atom is 0.416 e. The van der Waals surface area contributed by atoms with Crippen LogP contribution < -0.4 is 0 Å². The van der Waals surface area contributed by atoms with Gasteiger partial charge < -0.3 is 4.84 Å². The van der Waals surface area contributed by atoms with Crippen molar-refractivity contribution in [1.82, 2.24) is 0 Å². The monoisotopic (exact) mass is 383 g/mol. The lowest BCUT2D eigenvalue weighted by molar-refractivity contribution is -0.137.